The van der Waals surface area contributed by atoms with E-state index < -0.39 is 15.8 Å². The van der Waals surface area contributed by atoms with Crippen LogP contribution in [-0.4, -0.2) is 48.9 Å². The third-order valence-electron chi connectivity index (χ3n) is 3.62. The van der Waals surface area contributed by atoms with Gasteiger partial charge >= 0.3 is 0 Å². The van der Waals surface area contributed by atoms with Crippen molar-refractivity contribution in [2.75, 3.05) is 31.1 Å². The van der Waals surface area contributed by atoms with Crippen molar-refractivity contribution >= 4 is 27.4 Å². The van der Waals surface area contributed by atoms with Gasteiger partial charge in [0.05, 0.1) is 6.20 Å². The quantitative estimate of drug-likeness (QED) is 0.838. The first kappa shape index (κ1) is 16.1. The Morgan fingerprint density at radius 2 is 1.87 bits per heavy atom. The van der Waals surface area contributed by atoms with Crippen molar-refractivity contribution in [1.82, 2.24) is 14.3 Å². The molecule has 1 aromatic heterocycles. The summed E-state index contributed by atoms with van der Waals surface area (Å²) < 4.78 is 40.3. The molecule has 1 aliphatic rings. The molecule has 9 heteroatoms. The normalized spacial score (nSPS) is 16.5. The number of rotatable bonds is 3. The predicted octanol–water partition coefficient (Wildman–Crippen LogP) is 1.78. The molecular weight excluding hydrogens is 343 g/mol. The van der Waals surface area contributed by atoms with Gasteiger partial charge in [-0.05, 0) is 18.2 Å². The molecule has 0 amide bonds. The maximum atomic E-state index is 13.9. The highest BCUT2D eigenvalue weighted by Crippen LogP contribution is 2.24. The Morgan fingerprint density at radius 1 is 1.13 bits per heavy atom. The second-order valence-electron chi connectivity index (χ2n) is 5.03. The maximum absolute atomic E-state index is 13.9. The lowest BCUT2D eigenvalue weighted by molar-refractivity contribution is 0.381. The molecule has 3 rings (SSSR count). The van der Waals surface area contributed by atoms with Crippen molar-refractivity contribution in [2.45, 2.75) is 4.90 Å². The van der Waals surface area contributed by atoms with E-state index in [0.717, 1.165) is 6.07 Å². The molecule has 0 saturated carbocycles. The molecule has 2 heterocycles. The third kappa shape index (κ3) is 3.29. The van der Waals surface area contributed by atoms with Crippen molar-refractivity contribution in [3.8, 4) is 0 Å². The van der Waals surface area contributed by atoms with Gasteiger partial charge in [0.2, 0.25) is 10.0 Å². The first-order valence-electron chi connectivity index (χ1n) is 6.94. The monoisotopic (exact) mass is 356 g/mol. The van der Waals surface area contributed by atoms with E-state index in [9.17, 15) is 12.8 Å². The highest BCUT2D eigenvalue weighted by Gasteiger charge is 2.31. The zero-order valence-corrected chi connectivity index (χ0v) is 13.6. The number of anilines is 1. The summed E-state index contributed by atoms with van der Waals surface area (Å²) in [6, 6.07) is 3.57. The molecule has 0 radical (unpaired) electrons. The lowest BCUT2D eigenvalue weighted by Crippen LogP contribution is -2.49. The first-order chi connectivity index (χ1) is 11.0. The Labute approximate surface area is 138 Å². The molecule has 0 spiro atoms. The van der Waals surface area contributed by atoms with Gasteiger partial charge in [-0.1, -0.05) is 11.6 Å². The van der Waals surface area contributed by atoms with E-state index in [1.165, 1.54) is 16.4 Å². The van der Waals surface area contributed by atoms with Gasteiger partial charge in [0, 0.05) is 43.6 Å². The molecule has 0 N–H and O–H groups in total. The minimum atomic E-state index is -3.88. The maximum Gasteiger partial charge on any atom is 0.246 e. The number of piperazine rings is 1. The summed E-state index contributed by atoms with van der Waals surface area (Å²) in [6.45, 7) is 1.43. The van der Waals surface area contributed by atoms with Crippen LogP contribution < -0.4 is 4.90 Å². The van der Waals surface area contributed by atoms with Gasteiger partial charge in [-0.15, -0.1) is 0 Å². The van der Waals surface area contributed by atoms with Crippen LogP contribution in [0.3, 0.4) is 0 Å². The molecule has 0 bridgehead atoms. The largest absolute Gasteiger partial charge is 0.353 e. The highest BCUT2D eigenvalue weighted by atomic mass is 35.5. The fraction of sp³-hybridized carbons (Fsp3) is 0.286. The van der Waals surface area contributed by atoms with Crippen LogP contribution in [0.1, 0.15) is 0 Å². The van der Waals surface area contributed by atoms with Crippen LogP contribution in [-0.2, 0) is 10.0 Å². The lowest BCUT2D eigenvalue weighted by Gasteiger charge is -2.34. The fourth-order valence-corrected chi connectivity index (χ4v) is 4.06. The van der Waals surface area contributed by atoms with Crippen molar-refractivity contribution in [3.05, 3.63) is 47.6 Å². The second kappa shape index (κ2) is 6.38. The number of halogens is 2. The number of nitrogens with zero attached hydrogens (tertiary/aromatic N) is 4. The second-order valence-corrected chi connectivity index (χ2v) is 7.37. The average molecular weight is 357 g/mol. The van der Waals surface area contributed by atoms with E-state index in [4.69, 9.17) is 11.6 Å². The van der Waals surface area contributed by atoms with Crippen LogP contribution in [0.4, 0.5) is 10.2 Å². The molecular formula is C14H14ClFN4O2S. The van der Waals surface area contributed by atoms with E-state index in [-0.39, 0.29) is 23.0 Å². The number of aromatic nitrogens is 2. The summed E-state index contributed by atoms with van der Waals surface area (Å²) in [6.07, 6.45) is 4.79. The molecule has 1 fully saturated rings. The Hall–Kier alpha value is -1.77. The minimum Gasteiger partial charge on any atom is -0.353 e. The Balaban J connectivity index is 1.76. The van der Waals surface area contributed by atoms with E-state index >= 15 is 0 Å². The summed E-state index contributed by atoms with van der Waals surface area (Å²) in [4.78, 5) is 9.78. The molecule has 0 aliphatic carbocycles. The van der Waals surface area contributed by atoms with Gasteiger partial charge in [-0.2, -0.15) is 4.31 Å². The molecule has 1 saturated heterocycles. The molecule has 1 aromatic carbocycles. The van der Waals surface area contributed by atoms with Crippen LogP contribution in [0, 0.1) is 5.82 Å². The molecule has 2 aromatic rings. The average Bonchev–Trinajstić information content (AvgIpc) is 2.55. The van der Waals surface area contributed by atoms with Crippen LogP contribution in [0.25, 0.3) is 0 Å². The SMILES string of the molecule is O=S(=O)(c1ccc(Cl)cc1F)N1CCN(c2cnccn2)CC1. The van der Waals surface area contributed by atoms with Gasteiger partial charge in [-0.3, -0.25) is 4.98 Å². The standard InChI is InChI=1S/C14H14ClFN4O2S/c15-11-1-2-13(12(16)9-11)23(21,22)20-7-5-19(6-8-20)14-10-17-3-4-18-14/h1-4,9-10H,5-8H2. The first-order valence-corrected chi connectivity index (χ1v) is 8.76. The van der Waals surface area contributed by atoms with E-state index in [2.05, 4.69) is 9.97 Å². The van der Waals surface area contributed by atoms with E-state index in [0.29, 0.717) is 18.9 Å². The topological polar surface area (TPSA) is 66.4 Å². The summed E-state index contributed by atoms with van der Waals surface area (Å²) in [5.74, 6) is -0.143. The summed E-state index contributed by atoms with van der Waals surface area (Å²) in [7, 11) is -3.88. The smallest absolute Gasteiger partial charge is 0.246 e. The summed E-state index contributed by atoms with van der Waals surface area (Å²) in [5.41, 5.74) is 0. The van der Waals surface area contributed by atoms with E-state index in [1.807, 2.05) is 4.90 Å². The Kier molecular flexibility index (Phi) is 4.47. The van der Waals surface area contributed by atoms with Gasteiger partial charge < -0.3 is 4.90 Å². The number of hydrogen-bond acceptors (Lipinski definition) is 5. The highest BCUT2D eigenvalue weighted by molar-refractivity contribution is 7.89. The predicted molar refractivity (Wildman–Crippen MR) is 84.4 cm³/mol. The van der Waals surface area contributed by atoms with Crippen molar-refractivity contribution in [3.63, 3.8) is 0 Å². The molecule has 122 valence electrons. The van der Waals surface area contributed by atoms with Crippen LogP contribution >= 0.6 is 11.6 Å². The number of sulfonamides is 1. The lowest BCUT2D eigenvalue weighted by atomic mass is 10.3. The third-order valence-corrected chi connectivity index (χ3v) is 5.79. The van der Waals surface area contributed by atoms with Gasteiger partial charge in [0.15, 0.2) is 0 Å². The zero-order chi connectivity index (χ0) is 16.4. The van der Waals surface area contributed by atoms with Crippen LogP contribution in [0.5, 0.6) is 0 Å². The number of benzene rings is 1. The zero-order valence-electron chi connectivity index (χ0n) is 12.1. The van der Waals surface area contributed by atoms with E-state index in [1.54, 1.807) is 18.6 Å². The molecule has 1 aliphatic heterocycles. The van der Waals surface area contributed by atoms with Crippen LogP contribution in [0.2, 0.25) is 5.02 Å². The van der Waals surface area contributed by atoms with Gasteiger partial charge in [0.1, 0.15) is 16.5 Å². The van der Waals surface area contributed by atoms with Gasteiger partial charge in [-0.25, -0.2) is 17.8 Å². The minimum absolute atomic E-state index is 0.161. The van der Waals surface area contributed by atoms with Crippen molar-refractivity contribution < 1.29 is 12.8 Å². The van der Waals surface area contributed by atoms with Crippen molar-refractivity contribution in [2.24, 2.45) is 0 Å². The summed E-state index contributed by atoms with van der Waals surface area (Å²) >= 11 is 5.67. The van der Waals surface area contributed by atoms with Crippen molar-refractivity contribution in [1.29, 1.82) is 0 Å². The summed E-state index contributed by atoms with van der Waals surface area (Å²) in [5, 5.41) is 0.161. The molecule has 6 nitrogen and oxygen atoms in total. The van der Waals surface area contributed by atoms with Crippen LogP contribution in [0.15, 0.2) is 41.7 Å². The molecule has 0 atom stereocenters. The molecule has 0 unspecified atom stereocenters. The fourth-order valence-electron chi connectivity index (χ4n) is 2.44. The number of hydrogen-bond donors (Lipinski definition) is 0. The molecule has 23 heavy (non-hydrogen) atoms. The van der Waals surface area contributed by atoms with Gasteiger partial charge in [0.25, 0.3) is 0 Å². The Morgan fingerprint density at radius 3 is 2.48 bits per heavy atom. The Bertz CT molecular complexity index is 796.